The van der Waals surface area contributed by atoms with Crippen LogP contribution in [0.1, 0.15) is 70.5 Å². The van der Waals surface area contributed by atoms with Crippen LogP contribution < -0.4 is 4.74 Å². The van der Waals surface area contributed by atoms with Gasteiger partial charge in [-0.2, -0.15) is 0 Å². The van der Waals surface area contributed by atoms with Gasteiger partial charge >= 0.3 is 0 Å². The summed E-state index contributed by atoms with van der Waals surface area (Å²) >= 11 is 0. The lowest BCUT2D eigenvalue weighted by Crippen LogP contribution is -2.21. The van der Waals surface area contributed by atoms with Crippen molar-refractivity contribution < 1.29 is 22.6 Å². The molecule has 0 saturated carbocycles. The van der Waals surface area contributed by atoms with Crippen LogP contribution in [-0.2, 0) is 4.74 Å². The van der Waals surface area contributed by atoms with Crippen LogP contribution in [0.4, 0.5) is 13.2 Å². The maximum atomic E-state index is 14.8. The van der Waals surface area contributed by atoms with E-state index in [2.05, 4.69) is 6.92 Å². The molecular weight excluding hydrogens is 389 g/mol. The fourth-order valence-electron chi connectivity index (χ4n) is 4.12. The summed E-state index contributed by atoms with van der Waals surface area (Å²) < 4.78 is 54.9. The molecule has 30 heavy (non-hydrogen) atoms. The summed E-state index contributed by atoms with van der Waals surface area (Å²) in [5.74, 6) is -1.89. The first-order valence-electron chi connectivity index (χ1n) is 11.1. The lowest BCUT2D eigenvalue weighted by Gasteiger charge is -2.29. The molecule has 0 aliphatic carbocycles. The third-order valence-electron chi connectivity index (χ3n) is 5.84. The van der Waals surface area contributed by atoms with E-state index in [4.69, 9.17) is 9.47 Å². The van der Waals surface area contributed by atoms with Gasteiger partial charge in [0.2, 0.25) is 0 Å². The van der Waals surface area contributed by atoms with Gasteiger partial charge in [-0.25, -0.2) is 13.2 Å². The van der Waals surface area contributed by atoms with Crippen molar-refractivity contribution in [2.75, 3.05) is 13.2 Å². The second kappa shape index (κ2) is 10.9. The maximum absolute atomic E-state index is 14.8. The zero-order valence-corrected chi connectivity index (χ0v) is 17.9. The Kier molecular flexibility index (Phi) is 8.20. The lowest BCUT2D eigenvalue weighted by molar-refractivity contribution is -0.0218. The smallest absolute Gasteiger partial charge is 0.167 e. The quantitative estimate of drug-likeness (QED) is 0.389. The summed E-state index contributed by atoms with van der Waals surface area (Å²) in [4.78, 5) is 0. The number of hydrogen-bond donors (Lipinski definition) is 0. The Morgan fingerprint density at radius 3 is 2.47 bits per heavy atom. The van der Waals surface area contributed by atoms with E-state index in [-0.39, 0.29) is 22.4 Å². The Balaban J connectivity index is 1.68. The third-order valence-corrected chi connectivity index (χ3v) is 5.84. The standard InChI is InChI=1S/C25H31F3O2/c1-3-5-6-7-8-17-9-13-22(30-16-17)20-12-11-19(24(27)25(20)28)18-10-14-23(29-4-2)21(26)15-18/h10-12,14-15,17,22H,3-9,13,16H2,1-2H3. The third kappa shape index (κ3) is 5.37. The molecule has 1 fully saturated rings. The Labute approximate surface area is 177 Å². The molecule has 1 aliphatic rings. The van der Waals surface area contributed by atoms with E-state index in [1.54, 1.807) is 13.0 Å². The number of rotatable bonds is 9. The van der Waals surface area contributed by atoms with Crippen LogP contribution in [0.5, 0.6) is 5.75 Å². The minimum absolute atomic E-state index is 0.0304. The molecule has 0 amide bonds. The second-order valence-corrected chi connectivity index (χ2v) is 8.02. The first-order chi connectivity index (χ1) is 14.5. The van der Waals surface area contributed by atoms with Gasteiger partial charge in [-0.05, 0) is 49.8 Å². The summed E-state index contributed by atoms with van der Waals surface area (Å²) in [6.45, 7) is 4.86. The van der Waals surface area contributed by atoms with Gasteiger partial charge in [0.05, 0.1) is 19.3 Å². The lowest BCUT2D eigenvalue weighted by atomic mass is 9.90. The molecule has 0 aromatic heterocycles. The van der Waals surface area contributed by atoms with Gasteiger partial charge in [-0.15, -0.1) is 0 Å². The zero-order chi connectivity index (χ0) is 21.5. The second-order valence-electron chi connectivity index (χ2n) is 8.02. The van der Waals surface area contributed by atoms with E-state index < -0.39 is 23.6 Å². The van der Waals surface area contributed by atoms with Gasteiger partial charge in [0.15, 0.2) is 23.2 Å². The van der Waals surface area contributed by atoms with E-state index >= 15 is 0 Å². The minimum atomic E-state index is -0.971. The summed E-state index contributed by atoms with van der Waals surface area (Å²) in [5, 5.41) is 0. The fourth-order valence-corrected chi connectivity index (χ4v) is 4.12. The van der Waals surface area contributed by atoms with E-state index in [1.807, 2.05) is 0 Å². The Bertz CT molecular complexity index is 829. The van der Waals surface area contributed by atoms with Gasteiger partial charge in [-0.3, -0.25) is 0 Å². The van der Waals surface area contributed by atoms with Crippen molar-refractivity contribution in [1.82, 2.24) is 0 Å². The highest BCUT2D eigenvalue weighted by Gasteiger charge is 2.27. The van der Waals surface area contributed by atoms with Crippen LogP contribution >= 0.6 is 0 Å². The monoisotopic (exact) mass is 420 g/mol. The molecular formula is C25H31F3O2. The van der Waals surface area contributed by atoms with Crippen molar-refractivity contribution in [3.05, 3.63) is 53.3 Å². The summed E-state index contributed by atoms with van der Waals surface area (Å²) in [5.41, 5.74) is 0.547. The molecule has 2 nitrogen and oxygen atoms in total. The number of unbranched alkanes of at least 4 members (excludes halogenated alkanes) is 3. The molecule has 2 aromatic rings. The summed E-state index contributed by atoms with van der Waals surface area (Å²) in [6.07, 6.45) is 7.25. The molecule has 2 unspecified atom stereocenters. The zero-order valence-electron chi connectivity index (χ0n) is 17.9. The van der Waals surface area contributed by atoms with Crippen LogP contribution in [-0.4, -0.2) is 13.2 Å². The van der Waals surface area contributed by atoms with Crippen molar-refractivity contribution in [3.8, 4) is 16.9 Å². The van der Waals surface area contributed by atoms with E-state index in [0.29, 0.717) is 25.6 Å². The maximum Gasteiger partial charge on any atom is 0.167 e. The molecule has 0 N–H and O–H groups in total. The van der Waals surface area contributed by atoms with Gasteiger partial charge < -0.3 is 9.47 Å². The predicted octanol–water partition coefficient (Wildman–Crippen LogP) is 7.61. The van der Waals surface area contributed by atoms with Gasteiger partial charge in [-0.1, -0.05) is 50.8 Å². The van der Waals surface area contributed by atoms with Crippen molar-refractivity contribution in [2.24, 2.45) is 5.92 Å². The topological polar surface area (TPSA) is 18.5 Å². The van der Waals surface area contributed by atoms with Crippen molar-refractivity contribution in [3.63, 3.8) is 0 Å². The number of halogens is 3. The molecule has 1 heterocycles. The van der Waals surface area contributed by atoms with Gasteiger partial charge in [0, 0.05) is 11.1 Å². The van der Waals surface area contributed by atoms with Crippen molar-refractivity contribution in [2.45, 2.75) is 64.9 Å². The normalized spacial score (nSPS) is 19.1. The van der Waals surface area contributed by atoms with Crippen LogP contribution in [0.25, 0.3) is 11.1 Å². The highest BCUT2D eigenvalue weighted by molar-refractivity contribution is 5.66. The Morgan fingerprint density at radius 1 is 0.967 bits per heavy atom. The molecule has 5 heteroatoms. The van der Waals surface area contributed by atoms with Crippen LogP contribution in [0.3, 0.4) is 0 Å². The number of benzene rings is 2. The molecule has 2 atom stereocenters. The van der Waals surface area contributed by atoms with Gasteiger partial charge in [0.1, 0.15) is 0 Å². The average molecular weight is 421 g/mol. The average Bonchev–Trinajstić information content (AvgIpc) is 2.75. The van der Waals surface area contributed by atoms with Crippen molar-refractivity contribution >= 4 is 0 Å². The molecule has 2 aromatic carbocycles. The largest absolute Gasteiger partial charge is 0.491 e. The fraction of sp³-hybridized carbons (Fsp3) is 0.520. The highest BCUT2D eigenvalue weighted by Crippen LogP contribution is 2.37. The molecule has 1 aliphatic heterocycles. The minimum Gasteiger partial charge on any atom is -0.491 e. The van der Waals surface area contributed by atoms with Crippen LogP contribution in [0.2, 0.25) is 0 Å². The Hall–Kier alpha value is -2.01. The van der Waals surface area contributed by atoms with E-state index in [0.717, 1.165) is 12.8 Å². The van der Waals surface area contributed by atoms with E-state index in [1.165, 1.54) is 49.9 Å². The molecule has 0 spiro atoms. The molecule has 0 bridgehead atoms. The Morgan fingerprint density at radius 2 is 1.80 bits per heavy atom. The first kappa shape index (κ1) is 22.7. The summed E-state index contributed by atoms with van der Waals surface area (Å²) in [6, 6.07) is 7.20. The molecule has 3 rings (SSSR count). The molecule has 164 valence electrons. The SMILES string of the molecule is CCCCCCC1CCC(c2ccc(-c3ccc(OCC)c(F)c3)c(F)c2F)OC1. The first-order valence-corrected chi connectivity index (χ1v) is 11.1. The van der Waals surface area contributed by atoms with Gasteiger partial charge in [0.25, 0.3) is 0 Å². The summed E-state index contributed by atoms with van der Waals surface area (Å²) in [7, 11) is 0. The highest BCUT2D eigenvalue weighted by atomic mass is 19.2. The number of ether oxygens (including phenoxy) is 2. The van der Waals surface area contributed by atoms with Crippen LogP contribution in [0, 0.1) is 23.4 Å². The van der Waals surface area contributed by atoms with Crippen LogP contribution in [0.15, 0.2) is 30.3 Å². The van der Waals surface area contributed by atoms with E-state index in [9.17, 15) is 13.2 Å². The molecule has 1 saturated heterocycles. The molecule has 0 radical (unpaired) electrons. The van der Waals surface area contributed by atoms with Crippen molar-refractivity contribution in [1.29, 1.82) is 0 Å². The predicted molar refractivity (Wildman–Crippen MR) is 113 cm³/mol. The number of hydrogen-bond acceptors (Lipinski definition) is 2.